The van der Waals surface area contributed by atoms with Crippen molar-refractivity contribution in [2.24, 2.45) is 5.92 Å². The van der Waals surface area contributed by atoms with E-state index in [-0.39, 0.29) is 0 Å². The van der Waals surface area contributed by atoms with Crippen LogP contribution in [0.3, 0.4) is 0 Å². The van der Waals surface area contributed by atoms with Gasteiger partial charge in [-0.1, -0.05) is 12.8 Å². The lowest BCUT2D eigenvalue weighted by Gasteiger charge is -2.32. The van der Waals surface area contributed by atoms with Gasteiger partial charge in [0.1, 0.15) is 0 Å². The molecule has 0 bridgehead atoms. The summed E-state index contributed by atoms with van der Waals surface area (Å²) in [6, 6.07) is 0.724. The Morgan fingerprint density at radius 2 is 2.07 bits per heavy atom. The first-order chi connectivity index (χ1) is 7.18. The van der Waals surface area contributed by atoms with Gasteiger partial charge in [-0.05, 0) is 58.5 Å². The Balaban J connectivity index is 1.72. The lowest BCUT2D eigenvalue weighted by Crippen LogP contribution is -2.45. The van der Waals surface area contributed by atoms with Crippen LogP contribution in [0.4, 0.5) is 0 Å². The molecule has 1 saturated heterocycles. The molecule has 0 aromatic carbocycles. The molecular weight excluding hydrogens is 184 g/mol. The lowest BCUT2D eigenvalue weighted by molar-refractivity contribution is 0.265. The Morgan fingerprint density at radius 1 is 1.33 bits per heavy atom. The van der Waals surface area contributed by atoms with Gasteiger partial charge in [0.25, 0.3) is 0 Å². The van der Waals surface area contributed by atoms with Gasteiger partial charge in [0, 0.05) is 11.6 Å². The van der Waals surface area contributed by atoms with Crippen molar-refractivity contribution >= 4 is 0 Å². The highest BCUT2D eigenvalue weighted by Gasteiger charge is 2.29. The van der Waals surface area contributed by atoms with Crippen molar-refractivity contribution < 1.29 is 0 Å². The van der Waals surface area contributed by atoms with Crippen molar-refractivity contribution in [2.45, 2.75) is 64.0 Å². The molecule has 15 heavy (non-hydrogen) atoms. The monoisotopic (exact) mass is 210 g/mol. The van der Waals surface area contributed by atoms with E-state index >= 15 is 0 Å². The number of hydrogen-bond donors (Lipinski definition) is 2. The smallest absolute Gasteiger partial charge is 0.0153 e. The predicted octanol–water partition coefficient (Wildman–Crippen LogP) is 2.30. The van der Waals surface area contributed by atoms with Crippen molar-refractivity contribution in [1.29, 1.82) is 0 Å². The van der Waals surface area contributed by atoms with Crippen LogP contribution in [0.2, 0.25) is 0 Å². The maximum atomic E-state index is 3.82. The molecule has 0 radical (unpaired) electrons. The summed E-state index contributed by atoms with van der Waals surface area (Å²) in [7, 11) is 0. The second-order valence-corrected chi connectivity index (χ2v) is 5.89. The van der Waals surface area contributed by atoms with Crippen molar-refractivity contribution in [1.82, 2.24) is 10.6 Å². The van der Waals surface area contributed by atoms with Gasteiger partial charge in [-0.3, -0.25) is 0 Å². The molecule has 1 heterocycles. The fraction of sp³-hybridized carbons (Fsp3) is 1.00. The van der Waals surface area contributed by atoms with E-state index in [1.54, 1.807) is 0 Å². The van der Waals surface area contributed by atoms with Crippen LogP contribution in [-0.4, -0.2) is 24.7 Å². The highest BCUT2D eigenvalue weighted by molar-refractivity contribution is 4.89. The zero-order valence-corrected chi connectivity index (χ0v) is 10.3. The molecule has 2 fully saturated rings. The van der Waals surface area contributed by atoms with Gasteiger partial charge < -0.3 is 10.6 Å². The zero-order chi connectivity index (χ0) is 10.7. The zero-order valence-electron chi connectivity index (χ0n) is 10.3. The van der Waals surface area contributed by atoms with Crippen LogP contribution in [0.5, 0.6) is 0 Å². The minimum atomic E-state index is 0.466. The molecule has 88 valence electrons. The maximum Gasteiger partial charge on any atom is 0.0153 e. The lowest BCUT2D eigenvalue weighted by atomic mass is 9.91. The van der Waals surface area contributed by atoms with E-state index in [1.165, 1.54) is 51.6 Å². The predicted molar refractivity (Wildman–Crippen MR) is 65.1 cm³/mol. The summed E-state index contributed by atoms with van der Waals surface area (Å²) < 4.78 is 0. The summed E-state index contributed by atoms with van der Waals surface area (Å²) in [6.07, 6.45) is 8.32. The highest BCUT2D eigenvalue weighted by atomic mass is 15.0. The van der Waals surface area contributed by atoms with E-state index in [9.17, 15) is 0 Å². The average molecular weight is 210 g/mol. The van der Waals surface area contributed by atoms with Crippen LogP contribution >= 0.6 is 0 Å². The molecule has 2 unspecified atom stereocenters. The van der Waals surface area contributed by atoms with Gasteiger partial charge in [0.05, 0.1) is 0 Å². The van der Waals surface area contributed by atoms with Crippen LogP contribution in [-0.2, 0) is 0 Å². The van der Waals surface area contributed by atoms with Gasteiger partial charge in [-0.15, -0.1) is 0 Å². The van der Waals surface area contributed by atoms with Crippen molar-refractivity contribution in [2.75, 3.05) is 13.1 Å². The Kier molecular flexibility index (Phi) is 3.68. The van der Waals surface area contributed by atoms with E-state index in [0.29, 0.717) is 5.54 Å². The quantitative estimate of drug-likeness (QED) is 0.747. The third kappa shape index (κ3) is 3.18. The summed E-state index contributed by atoms with van der Waals surface area (Å²) in [5.74, 6) is 0.902. The summed E-state index contributed by atoms with van der Waals surface area (Å²) in [5.41, 5.74) is 0.466. The van der Waals surface area contributed by atoms with Crippen LogP contribution in [0.1, 0.15) is 52.4 Å². The number of nitrogens with one attached hydrogen (secondary N) is 2. The molecule has 1 aliphatic heterocycles. The number of piperidine rings is 1. The molecular formula is C13H26N2. The van der Waals surface area contributed by atoms with E-state index in [1.807, 2.05) is 0 Å². The van der Waals surface area contributed by atoms with Crippen molar-refractivity contribution in [3.63, 3.8) is 0 Å². The van der Waals surface area contributed by atoms with E-state index in [0.717, 1.165) is 12.0 Å². The fourth-order valence-electron chi connectivity index (χ4n) is 3.14. The second-order valence-electron chi connectivity index (χ2n) is 5.89. The molecule has 2 aliphatic rings. The Hall–Kier alpha value is -0.0800. The minimum absolute atomic E-state index is 0.466. The average Bonchev–Trinajstić information content (AvgIpc) is 2.63. The van der Waals surface area contributed by atoms with Gasteiger partial charge in [-0.2, -0.15) is 0 Å². The molecule has 1 saturated carbocycles. The Morgan fingerprint density at radius 3 is 2.73 bits per heavy atom. The van der Waals surface area contributed by atoms with Gasteiger partial charge in [0.2, 0.25) is 0 Å². The molecule has 0 aromatic rings. The Labute approximate surface area is 94.2 Å². The maximum absolute atomic E-state index is 3.82. The molecule has 0 aromatic heterocycles. The molecule has 1 aliphatic carbocycles. The fourth-order valence-corrected chi connectivity index (χ4v) is 3.14. The molecule has 0 amide bonds. The van der Waals surface area contributed by atoms with Crippen molar-refractivity contribution in [3.05, 3.63) is 0 Å². The topological polar surface area (TPSA) is 24.1 Å². The molecule has 2 atom stereocenters. The summed E-state index contributed by atoms with van der Waals surface area (Å²) >= 11 is 0. The molecule has 2 rings (SSSR count). The van der Waals surface area contributed by atoms with Crippen LogP contribution in [0, 0.1) is 5.92 Å². The van der Waals surface area contributed by atoms with Crippen LogP contribution in [0.15, 0.2) is 0 Å². The van der Waals surface area contributed by atoms with Gasteiger partial charge >= 0.3 is 0 Å². The first-order valence-corrected chi connectivity index (χ1v) is 6.66. The van der Waals surface area contributed by atoms with Gasteiger partial charge in [0.15, 0.2) is 0 Å². The highest BCUT2D eigenvalue weighted by Crippen LogP contribution is 2.29. The minimum Gasteiger partial charge on any atom is -0.314 e. The summed E-state index contributed by atoms with van der Waals surface area (Å²) in [4.78, 5) is 0. The SMILES string of the molecule is CC1CC(CNC2(C)CCCC2)CCN1. The molecule has 2 nitrogen and oxygen atoms in total. The Bertz CT molecular complexity index is 197. The first-order valence-electron chi connectivity index (χ1n) is 6.66. The third-order valence-electron chi connectivity index (χ3n) is 4.26. The second kappa shape index (κ2) is 4.84. The largest absolute Gasteiger partial charge is 0.314 e. The standard InChI is InChI=1S/C13H26N2/c1-11-9-12(5-8-14-11)10-15-13(2)6-3-4-7-13/h11-12,14-15H,3-10H2,1-2H3. The van der Waals surface area contributed by atoms with Gasteiger partial charge in [-0.25, -0.2) is 0 Å². The van der Waals surface area contributed by atoms with E-state index < -0.39 is 0 Å². The first kappa shape index (κ1) is 11.4. The van der Waals surface area contributed by atoms with Crippen LogP contribution in [0.25, 0.3) is 0 Å². The normalized spacial score (nSPS) is 35.6. The van der Waals surface area contributed by atoms with E-state index in [4.69, 9.17) is 0 Å². The summed E-state index contributed by atoms with van der Waals surface area (Å²) in [6.45, 7) is 7.17. The molecule has 2 N–H and O–H groups in total. The van der Waals surface area contributed by atoms with Crippen LogP contribution < -0.4 is 10.6 Å². The number of rotatable bonds is 3. The molecule has 0 spiro atoms. The van der Waals surface area contributed by atoms with Crippen molar-refractivity contribution in [3.8, 4) is 0 Å². The summed E-state index contributed by atoms with van der Waals surface area (Å²) in [5, 5.41) is 7.34. The van der Waals surface area contributed by atoms with E-state index in [2.05, 4.69) is 24.5 Å². The third-order valence-corrected chi connectivity index (χ3v) is 4.26. The number of hydrogen-bond acceptors (Lipinski definition) is 2. The molecule has 2 heteroatoms.